The lowest BCUT2D eigenvalue weighted by molar-refractivity contribution is 0.317. The molecule has 35 heavy (non-hydrogen) atoms. The third-order valence-electron chi connectivity index (χ3n) is 7.02. The van der Waals surface area contributed by atoms with Crippen LogP contribution < -0.4 is 10.7 Å². The molecule has 8 heteroatoms. The Balaban J connectivity index is 1.62. The van der Waals surface area contributed by atoms with Gasteiger partial charge in [0.2, 0.25) is 5.56 Å². The number of hydrogen-bond donors (Lipinski definition) is 2. The van der Waals surface area contributed by atoms with E-state index in [-0.39, 0.29) is 11.5 Å². The third kappa shape index (κ3) is 5.78. The van der Waals surface area contributed by atoms with Crippen molar-refractivity contribution in [3.8, 4) is 0 Å². The molecular weight excluding hydrogens is 460 g/mol. The highest BCUT2D eigenvalue weighted by molar-refractivity contribution is 7.80. The van der Waals surface area contributed by atoms with Gasteiger partial charge in [-0.3, -0.25) is 4.79 Å². The number of hydrogen-bond acceptors (Lipinski definition) is 4. The molecule has 2 aromatic carbocycles. The maximum atomic E-state index is 11.8. The molecule has 0 aliphatic carbocycles. The average molecular weight is 493 g/mol. The molecule has 1 aromatic heterocycles. The summed E-state index contributed by atoms with van der Waals surface area (Å²) in [5, 5.41) is 19.1. The van der Waals surface area contributed by atoms with Crippen LogP contribution in [0, 0.1) is 6.92 Å². The van der Waals surface area contributed by atoms with Crippen LogP contribution in [0.3, 0.4) is 0 Å². The second-order valence-corrected chi connectivity index (χ2v) is 10.2. The first-order valence-electron chi connectivity index (χ1n) is 11.8. The summed E-state index contributed by atoms with van der Waals surface area (Å²) in [6.07, 6.45) is 4.05. The molecule has 0 bridgehead atoms. The number of nitrogens with zero attached hydrogens (tertiary/aromatic N) is 3. The largest absolute Gasteiger partial charge is 0.411 e. The van der Waals surface area contributed by atoms with Gasteiger partial charge in [0.1, 0.15) is 0 Å². The Morgan fingerprint density at radius 2 is 1.80 bits per heavy atom. The van der Waals surface area contributed by atoms with Crippen molar-refractivity contribution < 1.29 is 9.42 Å². The van der Waals surface area contributed by atoms with Crippen LogP contribution in [0.25, 0.3) is 0 Å². The van der Waals surface area contributed by atoms with Crippen molar-refractivity contribution in [3.05, 3.63) is 105 Å². The number of benzene rings is 2. The summed E-state index contributed by atoms with van der Waals surface area (Å²) >= 11 is -1.40. The van der Waals surface area contributed by atoms with Crippen molar-refractivity contribution in [2.75, 3.05) is 13.1 Å². The average Bonchev–Trinajstić information content (AvgIpc) is 2.87. The van der Waals surface area contributed by atoms with Crippen molar-refractivity contribution in [3.63, 3.8) is 0 Å². The van der Waals surface area contributed by atoms with Crippen molar-refractivity contribution in [1.29, 1.82) is 0 Å². The van der Waals surface area contributed by atoms with E-state index >= 15 is 0 Å². The number of nitrogens with two attached hydrogens (primary N) is 1. The Kier molecular flexibility index (Phi) is 7.95. The first-order chi connectivity index (χ1) is 16.9. The van der Waals surface area contributed by atoms with Gasteiger partial charge in [-0.2, -0.15) is 0 Å². The van der Waals surface area contributed by atoms with E-state index in [1.54, 1.807) is 19.3 Å². The molecule has 0 spiro atoms. The standard InChI is InChI=1S/C27H32N4O3S/c1-19-5-3-4-6-24(19)25(17-26(29-33)23-11-12-27(32)30(2)18-23)22-9-7-20(8-10-22)21-13-15-31(16-14-21)35(28)34/h3-12,18,21,25,33H,13-17,28H2,1-2H3/b29-26+. The molecule has 3 N–H and O–H groups in total. The van der Waals surface area contributed by atoms with Gasteiger partial charge in [0.05, 0.1) is 5.71 Å². The molecule has 2 unspecified atom stereocenters. The van der Waals surface area contributed by atoms with E-state index in [0.29, 0.717) is 23.6 Å². The van der Waals surface area contributed by atoms with Gasteiger partial charge in [-0.05, 0) is 54.0 Å². The van der Waals surface area contributed by atoms with Crippen LogP contribution in [0.15, 0.2) is 76.8 Å². The van der Waals surface area contributed by atoms with Crippen LogP contribution in [-0.2, 0) is 18.2 Å². The van der Waals surface area contributed by atoms with Crippen molar-refractivity contribution in [2.45, 2.75) is 38.0 Å². The molecule has 0 saturated carbocycles. The van der Waals surface area contributed by atoms with Gasteiger partial charge in [-0.1, -0.05) is 53.7 Å². The zero-order chi connectivity index (χ0) is 24.9. The summed E-state index contributed by atoms with van der Waals surface area (Å²) in [5.74, 6) is 0.399. The van der Waals surface area contributed by atoms with Crippen molar-refractivity contribution in [1.82, 2.24) is 8.87 Å². The van der Waals surface area contributed by atoms with Crippen LogP contribution in [0.1, 0.15) is 58.9 Å². The monoisotopic (exact) mass is 492 g/mol. The lowest BCUT2D eigenvalue weighted by atomic mass is 9.82. The minimum Gasteiger partial charge on any atom is -0.411 e. The molecule has 184 valence electrons. The van der Waals surface area contributed by atoms with E-state index in [1.165, 1.54) is 27.3 Å². The van der Waals surface area contributed by atoms with Crippen molar-refractivity contribution in [2.24, 2.45) is 17.3 Å². The van der Waals surface area contributed by atoms with E-state index in [2.05, 4.69) is 48.5 Å². The Morgan fingerprint density at radius 3 is 2.40 bits per heavy atom. The van der Waals surface area contributed by atoms with E-state index in [4.69, 9.17) is 5.14 Å². The third-order valence-corrected chi connectivity index (χ3v) is 7.89. The summed E-state index contributed by atoms with van der Waals surface area (Å²) in [6.45, 7) is 3.56. The summed E-state index contributed by atoms with van der Waals surface area (Å²) < 4.78 is 14.8. The zero-order valence-corrected chi connectivity index (χ0v) is 20.9. The molecule has 3 aromatic rings. The SMILES string of the molecule is Cc1ccccc1C(C/C(=N\O)c1ccc(=O)n(C)c1)c1ccc(C2CCN(S(N)=O)CC2)cc1. The Hall–Kier alpha value is -3.07. The molecule has 0 amide bonds. The number of pyridine rings is 1. The van der Waals surface area contributed by atoms with Gasteiger partial charge in [-0.25, -0.2) is 13.7 Å². The van der Waals surface area contributed by atoms with E-state index in [0.717, 1.165) is 31.5 Å². The van der Waals surface area contributed by atoms with Gasteiger partial charge in [0.15, 0.2) is 11.2 Å². The first kappa shape index (κ1) is 25.0. The maximum Gasteiger partial charge on any atom is 0.250 e. The summed E-state index contributed by atoms with van der Waals surface area (Å²) in [5.41, 5.74) is 5.88. The number of aryl methyl sites for hydroxylation is 2. The summed E-state index contributed by atoms with van der Waals surface area (Å²) in [4.78, 5) is 11.8. The molecule has 1 saturated heterocycles. The maximum absolute atomic E-state index is 11.8. The molecule has 1 aliphatic rings. The van der Waals surface area contributed by atoms with Crippen LogP contribution in [-0.4, -0.2) is 37.1 Å². The smallest absolute Gasteiger partial charge is 0.250 e. The molecule has 7 nitrogen and oxygen atoms in total. The second kappa shape index (κ2) is 11.1. The van der Waals surface area contributed by atoms with Crippen LogP contribution in [0.5, 0.6) is 0 Å². The summed E-state index contributed by atoms with van der Waals surface area (Å²) in [7, 11) is 1.69. The Labute approximate surface area is 208 Å². The van der Waals surface area contributed by atoms with E-state index < -0.39 is 11.2 Å². The molecule has 2 atom stereocenters. The fraction of sp³-hybridized carbons (Fsp3) is 0.333. The molecule has 1 aliphatic heterocycles. The van der Waals surface area contributed by atoms with Gasteiger partial charge >= 0.3 is 0 Å². The highest BCUT2D eigenvalue weighted by Crippen LogP contribution is 2.34. The minimum atomic E-state index is -1.40. The fourth-order valence-corrected chi connectivity index (χ4v) is 5.50. The highest BCUT2D eigenvalue weighted by Gasteiger charge is 2.24. The fourth-order valence-electron chi connectivity index (χ4n) is 4.93. The predicted molar refractivity (Wildman–Crippen MR) is 140 cm³/mol. The molecule has 4 rings (SSSR count). The molecule has 2 heterocycles. The zero-order valence-electron chi connectivity index (χ0n) is 20.1. The van der Waals surface area contributed by atoms with Gasteiger partial charge in [0, 0.05) is 50.3 Å². The van der Waals surface area contributed by atoms with Gasteiger partial charge in [-0.15, -0.1) is 0 Å². The number of aromatic nitrogens is 1. The Bertz CT molecular complexity index is 1280. The first-order valence-corrected chi connectivity index (χ1v) is 13.0. The van der Waals surface area contributed by atoms with E-state index in [9.17, 15) is 14.2 Å². The highest BCUT2D eigenvalue weighted by atomic mass is 32.2. The lowest BCUT2D eigenvalue weighted by Gasteiger charge is -2.30. The normalized spacial score (nSPS) is 17.3. The molecular formula is C27H32N4O3S. The lowest BCUT2D eigenvalue weighted by Crippen LogP contribution is -2.37. The van der Waals surface area contributed by atoms with Gasteiger partial charge < -0.3 is 9.77 Å². The number of oxime groups is 1. The second-order valence-electron chi connectivity index (χ2n) is 9.17. The van der Waals surface area contributed by atoms with Crippen LogP contribution in [0.2, 0.25) is 0 Å². The van der Waals surface area contributed by atoms with Crippen LogP contribution in [0.4, 0.5) is 0 Å². The topological polar surface area (TPSA) is 101 Å². The predicted octanol–water partition coefficient (Wildman–Crippen LogP) is 3.81. The molecule has 1 fully saturated rings. The van der Waals surface area contributed by atoms with Crippen LogP contribution >= 0.6 is 0 Å². The number of rotatable bonds is 7. The Morgan fingerprint density at radius 1 is 1.11 bits per heavy atom. The molecule has 0 radical (unpaired) electrons. The quantitative estimate of drug-likeness (QED) is 0.298. The number of piperidine rings is 1. The minimum absolute atomic E-state index is 0.0186. The van der Waals surface area contributed by atoms with E-state index in [1.807, 2.05) is 16.4 Å². The van der Waals surface area contributed by atoms with Crippen molar-refractivity contribution >= 4 is 16.9 Å². The van der Waals surface area contributed by atoms with Gasteiger partial charge in [0.25, 0.3) is 0 Å². The summed E-state index contributed by atoms with van der Waals surface area (Å²) in [6, 6.07) is 20.1.